The number of benzene rings is 1. The lowest BCUT2D eigenvalue weighted by atomic mass is 10.3. The molecule has 1 unspecified atom stereocenters. The number of amides is 1. The number of hydrogen-bond donors (Lipinski definition) is 2. The molecular weight excluding hydrogens is 334 g/mol. The number of hydrogen-bond acceptors (Lipinski definition) is 4. The van der Waals surface area contributed by atoms with Gasteiger partial charge in [0.15, 0.2) is 11.6 Å². The lowest BCUT2D eigenvalue weighted by Crippen LogP contribution is -3.10. The molecule has 1 aromatic carbocycles. The highest BCUT2D eigenvalue weighted by Gasteiger charge is 2.23. The summed E-state index contributed by atoms with van der Waals surface area (Å²) < 4.78 is 2.97. The summed E-state index contributed by atoms with van der Waals surface area (Å²) in [5, 5.41) is 8.40. The van der Waals surface area contributed by atoms with Crippen LogP contribution in [0, 0.1) is 13.8 Å². The molecule has 2 N–H and O–H groups in total. The Kier molecular flexibility index (Phi) is 4.87. The molecule has 0 fully saturated rings. The van der Waals surface area contributed by atoms with Gasteiger partial charge >= 0.3 is 0 Å². The van der Waals surface area contributed by atoms with E-state index in [1.54, 1.807) is 16.0 Å². The summed E-state index contributed by atoms with van der Waals surface area (Å²) in [6.07, 6.45) is 0. The van der Waals surface area contributed by atoms with Crippen molar-refractivity contribution in [3.8, 4) is 0 Å². The lowest BCUT2D eigenvalue weighted by Gasteiger charge is -2.19. The van der Waals surface area contributed by atoms with Crippen LogP contribution in [-0.4, -0.2) is 34.3 Å². The molecule has 2 atom stereocenters. The van der Waals surface area contributed by atoms with Crippen LogP contribution in [0.2, 0.25) is 0 Å². The van der Waals surface area contributed by atoms with Crippen molar-refractivity contribution < 1.29 is 9.69 Å². The van der Waals surface area contributed by atoms with Crippen molar-refractivity contribution in [2.45, 2.75) is 26.8 Å². The van der Waals surface area contributed by atoms with E-state index in [0.29, 0.717) is 6.54 Å². The van der Waals surface area contributed by atoms with Gasteiger partial charge in [-0.3, -0.25) is 9.48 Å². The van der Waals surface area contributed by atoms with Gasteiger partial charge in [0.05, 0.1) is 34.3 Å². The maximum absolute atomic E-state index is 12.5. The number of thiazole rings is 1. The van der Waals surface area contributed by atoms with Gasteiger partial charge < -0.3 is 10.2 Å². The van der Waals surface area contributed by atoms with Crippen molar-refractivity contribution in [2.24, 2.45) is 7.05 Å². The van der Waals surface area contributed by atoms with Gasteiger partial charge in [-0.2, -0.15) is 5.10 Å². The van der Waals surface area contributed by atoms with Crippen LogP contribution >= 0.6 is 11.3 Å². The number of nitrogens with one attached hydrogen (secondary N) is 2. The van der Waals surface area contributed by atoms with Crippen molar-refractivity contribution in [3.05, 3.63) is 40.7 Å². The first-order valence-electron chi connectivity index (χ1n) is 8.34. The van der Waals surface area contributed by atoms with Crippen LogP contribution in [0.25, 0.3) is 10.2 Å². The number of nitrogens with zero attached hydrogens (tertiary/aromatic N) is 3. The third-order valence-corrected chi connectivity index (χ3v) is 5.85. The molecule has 132 valence electrons. The van der Waals surface area contributed by atoms with E-state index in [4.69, 9.17) is 4.98 Å². The Morgan fingerprint density at radius 2 is 2.08 bits per heavy atom. The third kappa shape index (κ3) is 3.57. The number of rotatable bonds is 5. The molecule has 0 aliphatic rings. The fourth-order valence-electron chi connectivity index (χ4n) is 2.83. The van der Waals surface area contributed by atoms with E-state index < -0.39 is 0 Å². The molecule has 0 saturated carbocycles. The molecule has 0 radical (unpaired) electrons. The maximum Gasteiger partial charge on any atom is 0.279 e. The summed E-state index contributed by atoms with van der Waals surface area (Å²) in [7, 11) is 3.91. The Balaban J connectivity index is 1.68. The number of likely N-dealkylation sites (N-methyl/N-ethyl adjacent to an activating group) is 1. The van der Waals surface area contributed by atoms with Crippen LogP contribution in [0.3, 0.4) is 0 Å². The van der Waals surface area contributed by atoms with Crippen molar-refractivity contribution in [1.82, 2.24) is 14.8 Å². The van der Waals surface area contributed by atoms with Gasteiger partial charge in [0.25, 0.3) is 5.91 Å². The number of anilines is 1. The van der Waals surface area contributed by atoms with Crippen LogP contribution in [-0.2, 0) is 11.8 Å². The lowest BCUT2D eigenvalue weighted by molar-refractivity contribution is -0.902. The fraction of sp³-hybridized carbons (Fsp3) is 0.389. The Bertz CT molecular complexity index is 880. The topological polar surface area (TPSA) is 64.2 Å². The molecule has 25 heavy (non-hydrogen) atoms. The van der Waals surface area contributed by atoms with Crippen molar-refractivity contribution in [2.75, 3.05) is 18.9 Å². The minimum atomic E-state index is -0.00957. The first kappa shape index (κ1) is 17.6. The number of aryl methyl sites for hydroxylation is 2. The Labute approximate surface area is 151 Å². The Hall–Kier alpha value is -2.25. The highest BCUT2D eigenvalue weighted by atomic mass is 32.1. The predicted molar refractivity (Wildman–Crippen MR) is 101 cm³/mol. The smallest absolute Gasteiger partial charge is 0.279 e. The number of aromatic nitrogens is 3. The van der Waals surface area contributed by atoms with Gasteiger partial charge in [-0.05, 0) is 32.9 Å². The standard InChI is InChI=1S/C18H23N5OS/c1-11-17(12(2)23(5)21-11)20-16(24)10-22(4)13(3)18-19-14-8-6-7-9-15(14)25-18/h6-9,13H,10H2,1-5H3,(H,20,24)/p+1/t13-/m1/s1. The van der Waals surface area contributed by atoms with Gasteiger partial charge in [-0.1, -0.05) is 12.1 Å². The zero-order valence-corrected chi connectivity index (χ0v) is 16.1. The Morgan fingerprint density at radius 3 is 2.72 bits per heavy atom. The van der Waals surface area contributed by atoms with Crippen LogP contribution < -0.4 is 10.2 Å². The number of carbonyl (C=O) groups is 1. The van der Waals surface area contributed by atoms with Gasteiger partial charge in [0.1, 0.15) is 6.04 Å². The van der Waals surface area contributed by atoms with Gasteiger partial charge in [0, 0.05) is 7.05 Å². The second kappa shape index (κ2) is 6.93. The van der Waals surface area contributed by atoms with E-state index in [1.807, 2.05) is 46.1 Å². The first-order valence-corrected chi connectivity index (χ1v) is 9.16. The minimum absolute atomic E-state index is 0.00957. The number of quaternary nitrogens is 1. The zero-order chi connectivity index (χ0) is 18.1. The van der Waals surface area contributed by atoms with Crippen LogP contribution in [0.5, 0.6) is 0 Å². The van der Waals surface area contributed by atoms with Gasteiger partial charge in [0.2, 0.25) is 0 Å². The van der Waals surface area contributed by atoms with Crippen molar-refractivity contribution in [1.29, 1.82) is 0 Å². The maximum atomic E-state index is 12.5. The molecule has 2 aromatic heterocycles. The van der Waals surface area contributed by atoms with Crippen molar-refractivity contribution in [3.63, 3.8) is 0 Å². The van der Waals surface area contributed by atoms with E-state index in [-0.39, 0.29) is 11.9 Å². The average molecular weight is 358 g/mol. The van der Waals surface area contributed by atoms with Crippen molar-refractivity contribution >= 4 is 33.1 Å². The molecule has 0 aliphatic carbocycles. The summed E-state index contributed by atoms with van der Waals surface area (Å²) in [5.74, 6) is -0.00957. The monoisotopic (exact) mass is 358 g/mol. The summed E-state index contributed by atoms with van der Waals surface area (Å²) in [5.41, 5.74) is 3.63. The van der Waals surface area contributed by atoms with Gasteiger partial charge in [-0.15, -0.1) is 11.3 Å². The molecule has 6 nitrogen and oxygen atoms in total. The van der Waals surface area contributed by atoms with E-state index in [9.17, 15) is 4.79 Å². The minimum Gasteiger partial charge on any atom is -0.322 e. The SMILES string of the molecule is Cc1nn(C)c(C)c1NC(=O)C[NH+](C)[C@H](C)c1nc2ccccc2s1. The molecular formula is C18H24N5OS+. The van der Waals surface area contributed by atoms with Crippen LogP contribution in [0.15, 0.2) is 24.3 Å². The fourth-order valence-corrected chi connectivity index (χ4v) is 3.94. The van der Waals surface area contributed by atoms with Crippen LogP contribution in [0.4, 0.5) is 5.69 Å². The number of para-hydroxylation sites is 1. The number of carbonyl (C=O) groups excluding carboxylic acids is 1. The number of fused-ring (bicyclic) bond motifs is 1. The molecule has 2 heterocycles. The first-order chi connectivity index (χ1) is 11.9. The molecule has 3 aromatic rings. The van der Waals surface area contributed by atoms with E-state index in [0.717, 1.165) is 32.5 Å². The summed E-state index contributed by atoms with van der Waals surface area (Å²) in [6, 6.07) is 8.28. The quantitative estimate of drug-likeness (QED) is 0.732. The summed E-state index contributed by atoms with van der Waals surface area (Å²) >= 11 is 1.70. The second-order valence-electron chi connectivity index (χ2n) is 6.48. The van der Waals surface area contributed by atoms with Crippen LogP contribution in [0.1, 0.15) is 29.4 Å². The summed E-state index contributed by atoms with van der Waals surface area (Å²) in [4.78, 5) is 18.3. The van der Waals surface area contributed by atoms with Gasteiger partial charge in [-0.25, -0.2) is 4.98 Å². The molecule has 0 saturated heterocycles. The highest BCUT2D eigenvalue weighted by molar-refractivity contribution is 7.18. The molecule has 0 bridgehead atoms. The predicted octanol–water partition coefficient (Wildman–Crippen LogP) is 1.86. The second-order valence-corrected chi connectivity index (χ2v) is 7.54. The molecule has 0 spiro atoms. The average Bonchev–Trinajstić information content (AvgIpc) is 3.10. The molecule has 0 aliphatic heterocycles. The molecule has 3 rings (SSSR count). The third-order valence-electron chi connectivity index (χ3n) is 4.63. The zero-order valence-electron chi connectivity index (χ0n) is 15.3. The summed E-state index contributed by atoms with van der Waals surface area (Å²) in [6.45, 7) is 6.35. The van der Waals surface area contributed by atoms with E-state index >= 15 is 0 Å². The Morgan fingerprint density at radius 1 is 1.36 bits per heavy atom. The highest BCUT2D eigenvalue weighted by Crippen LogP contribution is 2.24. The van der Waals surface area contributed by atoms with E-state index in [1.165, 1.54) is 4.70 Å². The molecule has 1 amide bonds. The van der Waals surface area contributed by atoms with E-state index in [2.05, 4.69) is 23.4 Å². The largest absolute Gasteiger partial charge is 0.322 e. The molecule has 7 heteroatoms. The normalized spacial score (nSPS) is 13.8.